The van der Waals surface area contributed by atoms with Crippen LogP contribution in [0.1, 0.15) is 35.3 Å². The van der Waals surface area contributed by atoms with Crippen LogP contribution >= 0.6 is 11.8 Å². The smallest absolute Gasteiger partial charge is 0.321 e. The molecule has 6 heteroatoms. The van der Waals surface area contributed by atoms with E-state index in [1.165, 1.54) is 11.8 Å². The van der Waals surface area contributed by atoms with Crippen molar-refractivity contribution >= 4 is 23.6 Å². The molecular formula is C14H20N2O3S. The lowest BCUT2D eigenvalue weighted by atomic mass is 10.0. The predicted octanol–water partition coefficient (Wildman–Crippen LogP) is 1.52. The zero-order valence-corrected chi connectivity index (χ0v) is 12.7. The third-order valence-electron chi connectivity index (χ3n) is 3.24. The van der Waals surface area contributed by atoms with Gasteiger partial charge in [0.1, 0.15) is 6.04 Å². The van der Waals surface area contributed by atoms with Gasteiger partial charge in [0, 0.05) is 16.1 Å². The van der Waals surface area contributed by atoms with E-state index in [2.05, 4.69) is 0 Å². The highest BCUT2D eigenvalue weighted by molar-refractivity contribution is 7.99. The average Bonchev–Trinajstić information content (AvgIpc) is 2.35. The Kier molecular flexibility index (Phi) is 5.19. The standard InChI is InChI=1S/C14H20N2O3S/c1-8-6-9(12(16)17)4-5-10(8)7-20-14(2,3)11(15)13(18)19/h4-6,11H,7,15H2,1-3H3,(H2,16,17)(H,18,19)/t11-/m1/s1. The molecule has 110 valence electrons. The normalized spacial score (nSPS) is 13.0. The summed E-state index contributed by atoms with van der Waals surface area (Å²) in [6.45, 7) is 5.51. The highest BCUT2D eigenvalue weighted by Gasteiger charge is 2.32. The molecule has 0 saturated carbocycles. The fourth-order valence-corrected chi connectivity index (χ4v) is 2.79. The van der Waals surface area contributed by atoms with Crippen molar-refractivity contribution in [1.29, 1.82) is 0 Å². The maximum absolute atomic E-state index is 11.1. The quantitative estimate of drug-likeness (QED) is 0.738. The molecule has 0 unspecified atom stereocenters. The van der Waals surface area contributed by atoms with E-state index >= 15 is 0 Å². The van der Waals surface area contributed by atoms with Gasteiger partial charge in [0.15, 0.2) is 0 Å². The number of rotatable bonds is 6. The number of carbonyl (C=O) groups is 2. The summed E-state index contributed by atoms with van der Waals surface area (Å²) in [7, 11) is 0. The molecule has 1 rings (SSSR count). The van der Waals surface area contributed by atoms with Crippen molar-refractivity contribution in [1.82, 2.24) is 0 Å². The third-order valence-corrected chi connectivity index (χ3v) is 4.70. The Balaban J connectivity index is 2.80. The lowest BCUT2D eigenvalue weighted by Crippen LogP contribution is -2.46. The van der Waals surface area contributed by atoms with E-state index in [0.29, 0.717) is 11.3 Å². The van der Waals surface area contributed by atoms with Crippen LogP contribution in [0.4, 0.5) is 0 Å². The second-order valence-electron chi connectivity index (χ2n) is 5.21. The largest absolute Gasteiger partial charge is 0.480 e. The van der Waals surface area contributed by atoms with E-state index < -0.39 is 22.7 Å². The number of thioether (sulfide) groups is 1. The Hall–Kier alpha value is -1.53. The number of benzene rings is 1. The van der Waals surface area contributed by atoms with E-state index in [1.807, 2.05) is 26.8 Å². The highest BCUT2D eigenvalue weighted by Crippen LogP contribution is 2.31. The first-order valence-electron chi connectivity index (χ1n) is 6.17. The number of carboxylic acids is 1. The topological polar surface area (TPSA) is 106 Å². The number of hydrogen-bond donors (Lipinski definition) is 3. The van der Waals surface area contributed by atoms with Crippen molar-refractivity contribution < 1.29 is 14.7 Å². The Morgan fingerprint density at radius 2 is 2.00 bits per heavy atom. The van der Waals surface area contributed by atoms with E-state index in [-0.39, 0.29) is 0 Å². The van der Waals surface area contributed by atoms with Gasteiger partial charge in [0.05, 0.1) is 0 Å². The molecule has 0 fully saturated rings. The molecule has 1 aromatic rings. The molecule has 0 radical (unpaired) electrons. The van der Waals surface area contributed by atoms with Gasteiger partial charge in [-0.25, -0.2) is 0 Å². The molecule has 0 spiro atoms. The molecule has 0 bridgehead atoms. The first kappa shape index (κ1) is 16.5. The summed E-state index contributed by atoms with van der Waals surface area (Å²) >= 11 is 1.47. The lowest BCUT2D eigenvalue weighted by Gasteiger charge is -2.28. The van der Waals surface area contributed by atoms with Gasteiger partial charge >= 0.3 is 5.97 Å². The fourth-order valence-electron chi connectivity index (χ4n) is 1.66. The second kappa shape index (κ2) is 6.28. The molecule has 0 aliphatic carbocycles. The van der Waals surface area contributed by atoms with Gasteiger partial charge < -0.3 is 16.6 Å². The van der Waals surface area contributed by atoms with Crippen LogP contribution in [0.15, 0.2) is 18.2 Å². The molecule has 0 aliphatic heterocycles. The fraction of sp³-hybridized carbons (Fsp3) is 0.429. The van der Waals surface area contributed by atoms with Gasteiger partial charge in [-0.05, 0) is 44.0 Å². The SMILES string of the molecule is Cc1cc(C(N)=O)ccc1CSC(C)(C)[C@H](N)C(=O)O. The summed E-state index contributed by atoms with van der Waals surface area (Å²) in [6.07, 6.45) is 0. The molecule has 20 heavy (non-hydrogen) atoms. The Bertz CT molecular complexity index is 529. The van der Waals surface area contributed by atoms with Crippen LogP contribution in [0, 0.1) is 6.92 Å². The first-order chi connectivity index (χ1) is 9.15. The maximum atomic E-state index is 11.1. The zero-order chi connectivity index (χ0) is 15.5. The zero-order valence-electron chi connectivity index (χ0n) is 11.8. The molecule has 5 N–H and O–H groups in total. The van der Waals surface area contributed by atoms with Crippen molar-refractivity contribution in [2.24, 2.45) is 11.5 Å². The monoisotopic (exact) mass is 296 g/mol. The number of carbonyl (C=O) groups excluding carboxylic acids is 1. The number of aliphatic carboxylic acids is 1. The molecule has 0 heterocycles. The molecular weight excluding hydrogens is 276 g/mol. The van der Waals surface area contributed by atoms with E-state index in [4.69, 9.17) is 16.6 Å². The molecule has 0 aromatic heterocycles. The van der Waals surface area contributed by atoms with Crippen molar-refractivity contribution in [3.05, 3.63) is 34.9 Å². The average molecular weight is 296 g/mol. The Morgan fingerprint density at radius 3 is 2.45 bits per heavy atom. The van der Waals surface area contributed by atoms with Gasteiger partial charge in [-0.15, -0.1) is 11.8 Å². The Labute approximate surface area is 122 Å². The number of amides is 1. The maximum Gasteiger partial charge on any atom is 0.321 e. The summed E-state index contributed by atoms with van der Waals surface area (Å²) in [5.74, 6) is -0.845. The third kappa shape index (κ3) is 3.98. The second-order valence-corrected chi connectivity index (χ2v) is 6.84. The molecule has 1 amide bonds. The van der Waals surface area contributed by atoms with Gasteiger partial charge in [-0.3, -0.25) is 9.59 Å². The number of hydrogen-bond acceptors (Lipinski definition) is 4. The van der Waals surface area contributed by atoms with Crippen LogP contribution in [0.25, 0.3) is 0 Å². The van der Waals surface area contributed by atoms with Crippen LogP contribution in [-0.2, 0) is 10.5 Å². The van der Waals surface area contributed by atoms with Crippen molar-refractivity contribution in [3.8, 4) is 0 Å². The molecule has 1 atom stereocenters. The molecule has 1 aromatic carbocycles. The van der Waals surface area contributed by atoms with Gasteiger partial charge in [0.2, 0.25) is 5.91 Å². The van der Waals surface area contributed by atoms with E-state index in [9.17, 15) is 9.59 Å². The van der Waals surface area contributed by atoms with Crippen molar-refractivity contribution in [2.45, 2.75) is 37.3 Å². The number of aryl methyl sites for hydroxylation is 1. The summed E-state index contributed by atoms with van der Waals surface area (Å²) in [5.41, 5.74) is 13.4. The van der Waals surface area contributed by atoms with Crippen molar-refractivity contribution in [3.63, 3.8) is 0 Å². The van der Waals surface area contributed by atoms with Crippen LogP contribution in [0.3, 0.4) is 0 Å². The predicted molar refractivity (Wildman–Crippen MR) is 80.7 cm³/mol. The minimum atomic E-state index is -1.01. The molecule has 5 nitrogen and oxygen atoms in total. The summed E-state index contributed by atoms with van der Waals surface area (Å²) in [5, 5.41) is 8.98. The van der Waals surface area contributed by atoms with Crippen LogP contribution in [0.5, 0.6) is 0 Å². The minimum absolute atomic E-state index is 0.458. The summed E-state index contributed by atoms with van der Waals surface area (Å²) in [4.78, 5) is 22.0. The van der Waals surface area contributed by atoms with Crippen LogP contribution in [0.2, 0.25) is 0 Å². The van der Waals surface area contributed by atoms with Gasteiger partial charge in [-0.2, -0.15) is 0 Å². The number of carboxylic acid groups (broad SMARTS) is 1. The molecule has 0 saturated heterocycles. The van der Waals surface area contributed by atoms with E-state index in [1.54, 1.807) is 12.1 Å². The van der Waals surface area contributed by atoms with Gasteiger partial charge in [-0.1, -0.05) is 6.07 Å². The van der Waals surface area contributed by atoms with Crippen molar-refractivity contribution in [2.75, 3.05) is 0 Å². The number of primary amides is 1. The summed E-state index contributed by atoms with van der Waals surface area (Å²) in [6, 6.07) is 4.32. The first-order valence-corrected chi connectivity index (χ1v) is 7.15. The van der Waals surface area contributed by atoms with Gasteiger partial charge in [0.25, 0.3) is 0 Å². The highest BCUT2D eigenvalue weighted by atomic mass is 32.2. The minimum Gasteiger partial charge on any atom is -0.480 e. The number of nitrogens with two attached hydrogens (primary N) is 2. The van der Waals surface area contributed by atoms with Crippen LogP contribution < -0.4 is 11.5 Å². The van der Waals surface area contributed by atoms with Crippen LogP contribution in [-0.4, -0.2) is 27.8 Å². The summed E-state index contributed by atoms with van der Waals surface area (Å²) < 4.78 is -0.583. The lowest BCUT2D eigenvalue weighted by molar-refractivity contribution is -0.139. The molecule has 0 aliphatic rings. The Morgan fingerprint density at radius 1 is 1.40 bits per heavy atom. The van der Waals surface area contributed by atoms with E-state index in [0.717, 1.165) is 11.1 Å².